The van der Waals surface area contributed by atoms with Gasteiger partial charge in [0.15, 0.2) is 0 Å². The molecule has 9 heteroatoms. The van der Waals surface area contributed by atoms with E-state index in [1.165, 1.54) is 0 Å². The number of nitrogens with one attached hydrogen (secondary N) is 1. The molecule has 3 aliphatic rings. The number of anilines is 1. The molecule has 8 nitrogen and oxygen atoms in total. The summed E-state index contributed by atoms with van der Waals surface area (Å²) in [7, 11) is 0. The maximum Gasteiger partial charge on any atom is 0.312 e. The molecule has 0 aromatic heterocycles. The van der Waals surface area contributed by atoms with Crippen LogP contribution in [0.25, 0.3) is 0 Å². The van der Waals surface area contributed by atoms with Gasteiger partial charge in [0.05, 0.1) is 24.5 Å². The number of hydrogen-bond acceptors (Lipinski definition) is 6. The Morgan fingerprint density at radius 1 is 1.29 bits per heavy atom. The number of esters is 1. The highest BCUT2D eigenvalue weighted by molar-refractivity contribution is 9.09. The van der Waals surface area contributed by atoms with Crippen LogP contribution in [0.4, 0.5) is 5.69 Å². The number of aliphatic hydroxyl groups is 1. The van der Waals surface area contributed by atoms with Crippen LogP contribution in [0.3, 0.4) is 0 Å². The van der Waals surface area contributed by atoms with Crippen LogP contribution in [0, 0.1) is 25.7 Å². The van der Waals surface area contributed by atoms with Crippen molar-refractivity contribution in [3.63, 3.8) is 0 Å². The second-order valence-electron chi connectivity index (χ2n) is 9.54. The molecule has 1 spiro atoms. The zero-order valence-electron chi connectivity index (χ0n) is 19.9. The Morgan fingerprint density at radius 3 is 2.76 bits per heavy atom. The predicted octanol–water partition coefficient (Wildman–Crippen LogP) is 2.72. The van der Waals surface area contributed by atoms with Crippen LogP contribution in [0.2, 0.25) is 0 Å². The topological polar surface area (TPSA) is 105 Å². The number of hydrogen-bond donors (Lipinski definition) is 2. The molecule has 2 bridgehead atoms. The zero-order chi connectivity index (χ0) is 24.6. The normalized spacial score (nSPS) is 31.6. The molecular weight excluding hydrogens is 504 g/mol. The highest BCUT2D eigenvalue weighted by Crippen LogP contribution is 2.60. The van der Waals surface area contributed by atoms with E-state index in [2.05, 4.69) is 21.2 Å². The van der Waals surface area contributed by atoms with E-state index in [1.807, 2.05) is 32.0 Å². The Bertz CT molecular complexity index is 971. The van der Waals surface area contributed by atoms with Crippen LogP contribution >= 0.6 is 15.9 Å². The number of aryl methyl sites for hydroxylation is 2. The largest absolute Gasteiger partial charge is 0.466 e. The molecule has 1 aromatic rings. The van der Waals surface area contributed by atoms with E-state index >= 15 is 0 Å². The molecule has 4 rings (SSSR count). The van der Waals surface area contributed by atoms with Gasteiger partial charge >= 0.3 is 5.97 Å². The van der Waals surface area contributed by atoms with Crippen LogP contribution in [-0.4, -0.2) is 70.1 Å². The molecule has 3 heterocycles. The van der Waals surface area contributed by atoms with Crippen LogP contribution in [-0.2, 0) is 23.9 Å². The van der Waals surface area contributed by atoms with Crippen LogP contribution in [0.1, 0.15) is 43.7 Å². The quantitative estimate of drug-likeness (QED) is 0.285. The van der Waals surface area contributed by atoms with Crippen molar-refractivity contribution in [2.45, 2.75) is 69.0 Å². The summed E-state index contributed by atoms with van der Waals surface area (Å²) in [5.41, 5.74) is 1.54. The number of fused-ring (bicyclic) bond motifs is 1. The third-order valence-electron chi connectivity index (χ3n) is 7.30. The minimum absolute atomic E-state index is 0.0814. The maximum atomic E-state index is 13.8. The molecule has 0 saturated carbocycles. The van der Waals surface area contributed by atoms with Crippen molar-refractivity contribution in [2.75, 3.05) is 25.1 Å². The van der Waals surface area contributed by atoms with E-state index in [0.717, 1.165) is 17.5 Å². The fraction of sp³-hybridized carbons (Fsp3) is 0.640. The number of rotatable bonds is 9. The second kappa shape index (κ2) is 9.95. The van der Waals surface area contributed by atoms with Gasteiger partial charge in [-0.25, -0.2) is 0 Å². The van der Waals surface area contributed by atoms with Crippen molar-refractivity contribution in [2.24, 2.45) is 11.8 Å². The van der Waals surface area contributed by atoms with Crippen LogP contribution in [0.5, 0.6) is 0 Å². The van der Waals surface area contributed by atoms with Gasteiger partial charge in [-0.1, -0.05) is 28.1 Å². The smallest absolute Gasteiger partial charge is 0.312 e. The fourth-order valence-corrected chi connectivity index (χ4v) is 6.76. The molecule has 1 aromatic carbocycles. The van der Waals surface area contributed by atoms with E-state index < -0.39 is 35.6 Å². The minimum atomic E-state index is -1.09. The van der Waals surface area contributed by atoms with Gasteiger partial charge in [-0.2, -0.15) is 0 Å². The lowest BCUT2D eigenvalue weighted by atomic mass is 9.70. The van der Waals surface area contributed by atoms with Gasteiger partial charge in [0.25, 0.3) is 0 Å². The van der Waals surface area contributed by atoms with Gasteiger partial charge in [-0.05, 0) is 63.6 Å². The van der Waals surface area contributed by atoms with E-state index in [-0.39, 0.29) is 29.9 Å². The van der Waals surface area contributed by atoms with Gasteiger partial charge < -0.3 is 24.8 Å². The number of aliphatic hydroxyl groups excluding tert-OH is 1. The summed E-state index contributed by atoms with van der Waals surface area (Å²) in [6.45, 7) is 6.27. The first kappa shape index (κ1) is 25.1. The van der Waals surface area contributed by atoms with E-state index in [4.69, 9.17) is 14.6 Å². The van der Waals surface area contributed by atoms with E-state index in [1.54, 1.807) is 11.8 Å². The molecule has 0 radical (unpaired) electrons. The molecule has 2 amide bonds. The minimum Gasteiger partial charge on any atom is -0.466 e. The van der Waals surface area contributed by atoms with Gasteiger partial charge in [0, 0.05) is 23.7 Å². The average Bonchev–Trinajstić information content (AvgIpc) is 3.37. The van der Waals surface area contributed by atoms with E-state index in [0.29, 0.717) is 31.5 Å². The number of likely N-dealkylation sites (tertiary alicyclic amines) is 1. The summed E-state index contributed by atoms with van der Waals surface area (Å²) in [5, 5.41) is 12.2. The number of halogens is 1. The van der Waals surface area contributed by atoms with E-state index in [9.17, 15) is 14.4 Å². The molecule has 3 saturated heterocycles. The first-order chi connectivity index (χ1) is 16.2. The summed E-state index contributed by atoms with van der Waals surface area (Å²) in [6, 6.07) is 4.98. The summed E-state index contributed by atoms with van der Waals surface area (Å²) in [6.07, 6.45) is 1.95. The Labute approximate surface area is 208 Å². The molecular formula is C25H33BrN2O6. The van der Waals surface area contributed by atoms with Crippen LogP contribution < -0.4 is 5.32 Å². The number of nitrogens with zero attached hydrogens (tertiary/aromatic N) is 1. The predicted molar refractivity (Wildman–Crippen MR) is 130 cm³/mol. The highest BCUT2D eigenvalue weighted by atomic mass is 79.9. The second-order valence-corrected chi connectivity index (χ2v) is 10.7. The van der Waals surface area contributed by atoms with Crippen molar-refractivity contribution in [1.82, 2.24) is 4.90 Å². The zero-order valence-corrected chi connectivity index (χ0v) is 21.5. The molecule has 2 N–H and O–H groups in total. The molecule has 3 aliphatic heterocycles. The number of carbonyl (C=O) groups excluding carboxylic acids is 3. The standard InChI is InChI=1S/C25H33BrN2O6/c1-4-33-24(32)18-19-23(31)28(10-6-5-7-11-29)21(25(19)13-16(26)20(18)34-25)22(30)27-17-12-14(2)8-9-15(17)3/h8-9,12,16,18-21,29H,4-7,10-11,13H2,1-3H3,(H,27,30)/t16?,18-,19-,20-,21?,25?/m0/s1. The average molecular weight is 537 g/mol. The Balaban J connectivity index is 1.69. The molecule has 186 valence electrons. The first-order valence-electron chi connectivity index (χ1n) is 12.0. The lowest BCUT2D eigenvalue weighted by Crippen LogP contribution is -2.54. The number of carbonyl (C=O) groups is 3. The third-order valence-corrected chi connectivity index (χ3v) is 8.15. The van der Waals surface area contributed by atoms with Gasteiger partial charge in [0.1, 0.15) is 11.6 Å². The van der Waals surface area contributed by atoms with Crippen molar-refractivity contribution in [3.05, 3.63) is 29.3 Å². The number of unbranched alkanes of at least 4 members (excludes halogenated alkanes) is 2. The van der Waals surface area contributed by atoms with Gasteiger partial charge in [-0.3, -0.25) is 14.4 Å². The molecule has 6 atom stereocenters. The first-order valence-corrected chi connectivity index (χ1v) is 12.9. The molecule has 3 unspecified atom stereocenters. The lowest BCUT2D eigenvalue weighted by molar-refractivity contribution is -0.154. The lowest BCUT2D eigenvalue weighted by Gasteiger charge is -2.34. The highest BCUT2D eigenvalue weighted by Gasteiger charge is 2.76. The van der Waals surface area contributed by atoms with Crippen LogP contribution in [0.15, 0.2) is 18.2 Å². The number of ether oxygens (including phenoxy) is 2. The summed E-state index contributed by atoms with van der Waals surface area (Å²) in [5.74, 6) is -2.49. The third kappa shape index (κ3) is 4.16. The number of amides is 2. The van der Waals surface area contributed by atoms with Gasteiger partial charge in [-0.15, -0.1) is 0 Å². The molecule has 34 heavy (non-hydrogen) atoms. The Kier molecular flexibility index (Phi) is 7.36. The Morgan fingerprint density at radius 2 is 2.06 bits per heavy atom. The maximum absolute atomic E-state index is 13.8. The summed E-state index contributed by atoms with van der Waals surface area (Å²) < 4.78 is 11.7. The Hall–Kier alpha value is -1.97. The molecule has 3 fully saturated rings. The van der Waals surface area contributed by atoms with Crippen molar-refractivity contribution >= 4 is 39.4 Å². The summed E-state index contributed by atoms with van der Waals surface area (Å²) >= 11 is 3.64. The summed E-state index contributed by atoms with van der Waals surface area (Å²) in [4.78, 5) is 41.9. The fourth-order valence-electron chi connectivity index (χ4n) is 5.82. The SMILES string of the molecule is CCOC(=O)[C@H]1[C@H]2C(=O)N(CCCCCO)C(C(=O)Nc3cc(C)ccc3C)C23CC(Br)[C@@H]1O3. The number of alkyl halides is 1. The van der Waals surface area contributed by atoms with Crippen molar-refractivity contribution in [1.29, 1.82) is 0 Å². The van der Waals surface area contributed by atoms with Crippen molar-refractivity contribution in [3.8, 4) is 0 Å². The molecule has 0 aliphatic carbocycles. The number of benzene rings is 1. The monoisotopic (exact) mass is 536 g/mol. The van der Waals surface area contributed by atoms with Crippen molar-refractivity contribution < 1.29 is 29.0 Å². The van der Waals surface area contributed by atoms with Gasteiger partial charge in [0.2, 0.25) is 11.8 Å².